The average Bonchev–Trinajstić information content (AvgIpc) is 3.22. The number of benzene rings is 1. The van der Waals surface area contributed by atoms with E-state index in [2.05, 4.69) is 26.3 Å². The quantitative estimate of drug-likeness (QED) is 0.353. The minimum Gasteiger partial charge on any atom is -0.455 e. The molecule has 0 spiro atoms. The number of carbonyl (C=O) groups is 1. The summed E-state index contributed by atoms with van der Waals surface area (Å²) in [5, 5.41) is 11.6. The van der Waals surface area contributed by atoms with Crippen LogP contribution in [0.5, 0.6) is 11.5 Å². The Hall–Kier alpha value is -3.36. The third kappa shape index (κ3) is 5.08. The maximum absolute atomic E-state index is 10.9. The summed E-state index contributed by atoms with van der Waals surface area (Å²) >= 11 is 1.73. The Labute approximate surface area is 202 Å². The molecule has 0 amide bonds. The van der Waals surface area contributed by atoms with Crippen LogP contribution >= 0.6 is 11.3 Å². The summed E-state index contributed by atoms with van der Waals surface area (Å²) in [5.74, 6) is 2.78. The standard InChI is InChI=1S/C25H24N4O2S.CH4O/c1-15-11-18(5-8-21(15)31-19-6-3-16(2)26-13-19)29-24-23-20-7-4-17(9-10-30)12-22(20)32-25(23)28-14-27-24;1-2/h3,5-6,8,10-11,13-14,17H,4,7,9,12H2,1-2H3,(H,27,28,29);2H,1H3. The van der Waals surface area contributed by atoms with Crippen molar-refractivity contribution in [1.29, 1.82) is 0 Å². The molecule has 1 atom stereocenters. The zero-order valence-corrected chi connectivity index (χ0v) is 20.4. The molecule has 5 rings (SSSR count). The van der Waals surface area contributed by atoms with E-state index in [4.69, 9.17) is 9.84 Å². The summed E-state index contributed by atoms with van der Waals surface area (Å²) < 4.78 is 5.99. The fourth-order valence-corrected chi connectivity index (χ4v) is 5.53. The second kappa shape index (κ2) is 10.7. The van der Waals surface area contributed by atoms with Gasteiger partial charge < -0.3 is 20.0 Å². The van der Waals surface area contributed by atoms with Crippen molar-refractivity contribution in [1.82, 2.24) is 15.0 Å². The molecule has 7 nitrogen and oxygen atoms in total. The first kappa shape index (κ1) is 23.8. The minimum atomic E-state index is 0.441. The Kier molecular flexibility index (Phi) is 7.49. The Bertz CT molecular complexity index is 1290. The lowest BCUT2D eigenvalue weighted by atomic mass is 9.86. The highest BCUT2D eigenvalue weighted by molar-refractivity contribution is 7.19. The molecule has 3 heterocycles. The summed E-state index contributed by atoms with van der Waals surface area (Å²) in [4.78, 5) is 26.6. The van der Waals surface area contributed by atoms with Crippen LogP contribution in [-0.2, 0) is 17.6 Å². The number of aliphatic hydroxyl groups excluding tert-OH is 1. The highest BCUT2D eigenvalue weighted by Crippen LogP contribution is 2.41. The van der Waals surface area contributed by atoms with Gasteiger partial charge in [-0.3, -0.25) is 4.98 Å². The van der Waals surface area contributed by atoms with E-state index in [1.807, 2.05) is 38.1 Å². The second-order valence-corrected chi connectivity index (χ2v) is 9.34. The van der Waals surface area contributed by atoms with Gasteiger partial charge in [0, 0.05) is 29.8 Å². The van der Waals surface area contributed by atoms with Crippen molar-refractivity contribution in [2.45, 2.75) is 39.5 Å². The molecule has 1 aromatic carbocycles. The van der Waals surface area contributed by atoms with Crippen LogP contribution in [0.3, 0.4) is 0 Å². The molecule has 8 heteroatoms. The van der Waals surface area contributed by atoms with Crippen LogP contribution in [-0.4, -0.2) is 33.5 Å². The van der Waals surface area contributed by atoms with Gasteiger partial charge in [0.25, 0.3) is 0 Å². The number of anilines is 2. The number of thiophene rings is 1. The summed E-state index contributed by atoms with van der Waals surface area (Å²) in [5.41, 5.74) is 4.26. The number of ether oxygens (including phenoxy) is 1. The predicted molar refractivity (Wildman–Crippen MR) is 135 cm³/mol. The van der Waals surface area contributed by atoms with E-state index in [-0.39, 0.29) is 0 Å². The third-order valence-electron chi connectivity index (χ3n) is 5.93. The van der Waals surface area contributed by atoms with Crippen molar-refractivity contribution in [2.24, 2.45) is 5.92 Å². The fraction of sp³-hybridized carbons (Fsp3) is 0.308. The Balaban J connectivity index is 0.00000133. The molecule has 34 heavy (non-hydrogen) atoms. The number of hydrogen-bond donors (Lipinski definition) is 2. The highest BCUT2D eigenvalue weighted by atomic mass is 32.1. The Morgan fingerprint density at radius 1 is 1.18 bits per heavy atom. The fourth-order valence-electron chi connectivity index (χ4n) is 4.23. The number of nitrogens with zero attached hydrogens (tertiary/aromatic N) is 3. The van der Waals surface area contributed by atoms with Crippen LogP contribution in [0.4, 0.5) is 11.5 Å². The Morgan fingerprint density at radius 2 is 2.03 bits per heavy atom. The van der Waals surface area contributed by atoms with E-state index < -0.39 is 0 Å². The summed E-state index contributed by atoms with van der Waals surface area (Å²) in [6, 6.07) is 9.87. The van der Waals surface area contributed by atoms with Crippen LogP contribution < -0.4 is 10.1 Å². The lowest BCUT2D eigenvalue weighted by Crippen LogP contribution is -2.13. The number of carbonyl (C=O) groups excluding carboxylic acids is 1. The zero-order valence-electron chi connectivity index (χ0n) is 19.5. The van der Waals surface area contributed by atoms with Crippen LogP contribution in [0, 0.1) is 19.8 Å². The normalized spacial score (nSPS) is 14.6. The van der Waals surface area contributed by atoms with Crippen molar-refractivity contribution < 1.29 is 14.6 Å². The monoisotopic (exact) mass is 476 g/mol. The summed E-state index contributed by atoms with van der Waals surface area (Å²) in [7, 11) is 1.00. The molecule has 0 saturated carbocycles. The zero-order chi connectivity index (χ0) is 24.1. The average molecular weight is 477 g/mol. The highest BCUT2D eigenvalue weighted by Gasteiger charge is 2.25. The van der Waals surface area contributed by atoms with Gasteiger partial charge >= 0.3 is 0 Å². The van der Waals surface area contributed by atoms with Crippen molar-refractivity contribution in [2.75, 3.05) is 12.4 Å². The number of aldehydes is 1. The number of hydrogen-bond acceptors (Lipinski definition) is 8. The van der Waals surface area contributed by atoms with Crippen LogP contribution in [0.1, 0.15) is 34.5 Å². The molecule has 0 radical (unpaired) electrons. The van der Waals surface area contributed by atoms with Gasteiger partial charge in [-0.15, -0.1) is 11.3 Å². The molecular weight excluding hydrogens is 448 g/mol. The molecule has 0 saturated heterocycles. The number of aromatic nitrogens is 3. The first-order chi connectivity index (χ1) is 16.6. The first-order valence-corrected chi connectivity index (χ1v) is 12.0. The van der Waals surface area contributed by atoms with E-state index in [9.17, 15) is 4.79 Å². The molecule has 1 aliphatic rings. The molecule has 176 valence electrons. The number of rotatable bonds is 6. The van der Waals surface area contributed by atoms with Gasteiger partial charge in [0.2, 0.25) is 0 Å². The maximum Gasteiger partial charge on any atom is 0.145 e. The Morgan fingerprint density at radius 3 is 2.76 bits per heavy atom. The van der Waals surface area contributed by atoms with Gasteiger partial charge in [-0.1, -0.05) is 0 Å². The first-order valence-electron chi connectivity index (χ1n) is 11.2. The predicted octanol–water partition coefficient (Wildman–Crippen LogP) is 5.54. The minimum absolute atomic E-state index is 0.441. The van der Waals surface area contributed by atoms with Gasteiger partial charge in [0.15, 0.2) is 0 Å². The molecule has 0 fully saturated rings. The molecule has 0 aliphatic heterocycles. The van der Waals surface area contributed by atoms with E-state index in [1.165, 1.54) is 10.4 Å². The van der Waals surface area contributed by atoms with Crippen molar-refractivity contribution in [3.8, 4) is 11.5 Å². The summed E-state index contributed by atoms with van der Waals surface area (Å²) in [6.07, 6.45) is 7.98. The largest absolute Gasteiger partial charge is 0.455 e. The molecule has 3 aromatic heterocycles. The van der Waals surface area contributed by atoms with Crippen LogP contribution in [0.15, 0.2) is 42.9 Å². The number of fused-ring (bicyclic) bond motifs is 3. The summed E-state index contributed by atoms with van der Waals surface area (Å²) in [6.45, 7) is 3.98. The van der Waals surface area contributed by atoms with Gasteiger partial charge in [0.1, 0.15) is 34.8 Å². The SMILES string of the molecule is CO.Cc1ccc(Oc2ccc(Nc3ncnc4sc5c(c34)CCC(CC=O)C5)cc2C)cn1. The molecular formula is C26H28N4O3S. The van der Waals surface area contributed by atoms with Crippen LogP contribution in [0.25, 0.3) is 10.2 Å². The van der Waals surface area contributed by atoms with E-state index >= 15 is 0 Å². The van der Waals surface area contributed by atoms with Gasteiger partial charge in [-0.05, 0) is 80.5 Å². The van der Waals surface area contributed by atoms with Crippen molar-refractivity contribution in [3.63, 3.8) is 0 Å². The topological polar surface area (TPSA) is 97.2 Å². The van der Waals surface area contributed by atoms with E-state index in [1.54, 1.807) is 23.9 Å². The van der Waals surface area contributed by atoms with Gasteiger partial charge in [-0.2, -0.15) is 0 Å². The van der Waals surface area contributed by atoms with E-state index in [0.29, 0.717) is 12.3 Å². The van der Waals surface area contributed by atoms with Gasteiger partial charge in [0.05, 0.1) is 11.6 Å². The lowest BCUT2D eigenvalue weighted by Gasteiger charge is -2.20. The number of aliphatic hydroxyl groups is 1. The second-order valence-electron chi connectivity index (χ2n) is 8.26. The molecule has 2 N–H and O–H groups in total. The van der Waals surface area contributed by atoms with E-state index in [0.717, 1.165) is 77.1 Å². The molecule has 0 bridgehead atoms. The number of aryl methyl sites for hydroxylation is 3. The maximum atomic E-state index is 10.9. The molecule has 4 aromatic rings. The molecule has 1 aliphatic carbocycles. The number of pyridine rings is 1. The van der Waals surface area contributed by atoms with Crippen molar-refractivity contribution in [3.05, 3.63) is 64.6 Å². The smallest absolute Gasteiger partial charge is 0.145 e. The third-order valence-corrected chi connectivity index (χ3v) is 7.09. The molecule has 1 unspecified atom stereocenters. The van der Waals surface area contributed by atoms with Crippen molar-refractivity contribution >= 4 is 39.3 Å². The lowest BCUT2D eigenvalue weighted by molar-refractivity contribution is -0.108. The van der Waals surface area contributed by atoms with Gasteiger partial charge in [-0.25, -0.2) is 9.97 Å². The number of nitrogens with one attached hydrogen (secondary N) is 1. The van der Waals surface area contributed by atoms with Crippen LogP contribution in [0.2, 0.25) is 0 Å².